The second-order valence-electron chi connectivity index (χ2n) is 9.35. The van der Waals surface area contributed by atoms with Crippen molar-refractivity contribution >= 4 is 5.91 Å². The molecule has 114 valence electrons. The lowest BCUT2D eigenvalue weighted by Gasteiger charge is -2.64. The van der Waals surface area contributed by atoms with Crippen LogP contribution >= 0.6 is 0 Å². The van der Waals surface area contributed by atoms with Crippen molar-refractivity contribution < 1.29 is 4.79 Å². The van der Waals surface area contributed by atoms with Crippen LogP contribution < -0.4 is 5.32 Å². The van der Waals surface area contributed by atoms with E-state index in [1.807, 2.05) is 0 Å². The van der Waals surface area contributed by atoms with E-state index in [1.54, 1.807) is 0 Å². The monoisotopic (exact) mass is 277 g/mol. The first-order valence-corrected chi connectivity index (χ1v) is 8.53. The maximum Gasteiger partial charge on any atom is 0.226 e. The van der Waals surface area contributed by atoms with Crippen LogP contribution in [0.4, 0.5) is 0 Å². The standard InChI is InChI=1S/C18H31NO/c1-13(2)5-6-19-15(20)18-9-14-7-16(3,11-18)10-17(4,8-14)12-18/h13-14H,5-12H2,1-4H3,(H,19,20). The number of amides is 1. The average molecular weight is 277 g/mol. The molecule has 1 N–H and O–H groups in total. The smallest absolute Gasteiger partial charge is 0.226 e. The molecule has 0 saturated heterocycles. The Kier molecular flexibility index (Phi) is 3.23. The van der Waals surface area contributed by atoms with Crippen LogP contribution in [0.15, 0.2) is 0 Å². The highest BCUT2D eigenvalue weighted by molar-refractivity contribution is 5.83. The highest BCUT2D eigenvalue weighted by Gasteiger charge is 2.62. The molecule has 0 aromatic carbocycles. The minimum absolute atomic E-state index is 0.0279. The summed E-state index contributed by atoms with van der Waals surface area (Å²) in [5.74, 6) is 1.85. The van der Waals surface area contributed by atoms with Gasteiger partial charge in [-0.3, -0.25) is 4.79 Å². The van der Waals surface area contributed by atoms with Crippen molar-refractivity contribution in [3.05, 3.63) is 0 Å². The highest BCUT2D eigenvalue weighted by Crippen LogP contribution is 2.69. The third-order valence-electron chi connectivity index (χ3n) is 6.12. The molecule has 0 aliphatic heterocycles. The molecule has 4 fully saturated rings. The van der Waals surface area contributed by atoms with Crippen molar-refractivity contribution in [2.24, 2.45) is 28.1 Å². The highest BCUT2D eigenvalue weighted by atomic mass is 16.2. The molecule has 2 atom stereocenters. The van der Waals surface area contributed by atoms with E-state index >= 15 is 0 Å². The minimum atomic E-state index is -0.0279. The zero-order chi connectivity index (χ0) is 14.6. The Balaban J connectivity index is 1.73. The van der Waals surface area contributed by atoms with E-state index in [-0.39, 0.29) is 5.41 Å². The van der Waals surface area contributed by atoms with Crippen molar-refractivity contribution in [1.29, 1.82) is 0 Å². The topological polar surface area (TPSA) is 29.1 Å². The molecule has 0 aromatic heterocycles. The van der Waals surface area contributed by atoms with Gasteiger partial charge in [0.15, 0.2) is 0 Å². The lowest BCUT2D eigenvalue weighted by Crippen LogP contribution is -2.59. The summed E-state index contributed by atoms with van der Waals surface area (Å²) in [5.41, 5.74) is 0.840. The molecule has 0 aromatic rings. The lowest BCUT2D eigenvalue weighted by atomic mass is 9.40. The van der Waals surface area contributed by atoms with Crippen molar-refractivity contribution in [3.8, 4) is 0 Å². The normalized spacial score (nSPS) is 46.0. The van der Waals surface area contributed by atoms with E-state index in [4.69, 9.17) is 0 Å². The Hall–Kier alpha value is -0.530. The molecule has 4 saturated carbocycles. The summed E-state index contributed by atoms with van der Waals surface area (Å²) in [6.45, 7) is 10.2. The van der Waals surface area contributed by atoms with Gasteiger partial charge >= 0.3 is 0 Å². The van der Waals surface area contributed by atoms with Gasteiger partial charge < -0.3 is 5.32 Å². The molecule has 4 bridgehead atoms. The van der Waals surface area contributed by atoms with E-state index in [0.29, 0.717) is 22.7 Å². The predicted octanol–water partition coefficient (Wildman–Crippen LogP) is 4.15. The van der Waals surface area contributed by atoms with E-state index in [9.17, 15) is 4.79 Å². The molecule has 0 spiro atoms. The number of carbonyl (C=O) groups excluding carboxylic acids is 1. The van der Waals surface area contributed by atoms with Crippen LogP contribution in [-0.2, 0) is 4.79 Å². The summed E-state index contributed by atoms with van der Waals surface area (Å²) in [6.07, 6.45) is 8.61. The molecule has 2 nitrogen and oxygen atoms in total. The molecule has 2 unspecified atom stereocenters. The van der Waals surface area contributed by atoms with Crippen LogP contribution in [-0.4, -0.2) is 12.5 Å². The Morgan fingerprint density at radius 2 is 1.70 bits per heavy atom. The zero-order valence-corrected chi connectivity index (χ0v) is 13.7. The van der Waals surface area contributed by atoms with Crippen molar-refractivity contribution in [1.82, 2.24) is 5.32 Å². The number of nitrogens with one attached hydrogen (secondary N) is 1. The molecule has 0 radical (unpaired) electrons. The molecule has 4 aliphatic rings. The van der Waals surface area contributed by atoms with E-state index < -0.39 is 0 Å². The Morgan fingerprint density at radius 1 is 1.10 bits per heavy atom. The van der Waals surface area contributed by atoms with Crippen molar-refractivity contribution in [2.45, 2.75) is 72.6 Å². The van der Waals surface area contributed by atoms with Gasteiger partial charge in [0.1, 0.15) is 0 Å². The van der Waals surface area contributed by atoms with Gasteiger partial charge in [-0.1, -0.05) is 27.7 Å². The summed E-state index contributed by atoms with van der Waals surface area (Å²) in [7, 11) is 0. The van der Waals surface area contributed by atoms with Gasteiger partial charge in [-0.25, -0.2) is 0 Å². The molecule has 1 amide bonds. The van der Waals surface area contributed by atoms with Gasteiger partial charge in [0, 0.05) is 6.54 Å². The summed E-state index contributed by atoms with van der Waals surface area (Å²) >= 11 is 0. The number of carbonyl (C=O) groups is 1. The maximum absolute atomic E-state index is 12.9. The summed E-state index contributed by atoms with van der Waals surface area (Å²) in [6, 6.07) is 0. The van der Waals surface area contributed by atoms with Crippen LogP contribution in [0.1, 0.15) is 72.6 Å². The number of hydrogen-bond acceptors (Lipinski definition) is 1. The first-order valence-electron chi connectivity index (χ1n) is 8.53. The van der Waals surface area contributed by atoms with Gasteiger partial charge in [0.05, 0.1) is 5.41 Å². The average Bonchev–Trinajstić information content (AvgIpc) is 2.22. The number of rotatable bonds is 4. The molecular formula is C18H31NO. The van der Waals surface area contributed by atoms with Crippen LogP contribution in [0.2, 0.25) is 0 Å². The van der Waals surface area contributed by atoms with Gasteiger partial charge in [-0.15, -0.1) is 0 Å². The maximum atomic E-state index is 12.9. The largest absolute Gasteiger partial charge is 0.356 e. The van der Waals surface area contributed by atoms with Gasteiger partial charge in [-0.2, -0.15) is 0 Å². The SMILES string of the molecule is CC(C)CCNC(=O)C12CC3CC(C)(CC(C)(C3)C1)C2. The van der Waals surface area contributed by atoms with E-state index in [2.05, 4.69) is 33.0 Å². The van der Waals surface area contributed by atoms with Gasteiger partial charge in [-0.05, 0) is 67.6 Å². The second-order valence-corrected chi connectivity index (χ2v) is 9.35. The van der Waals surface area contributed by atoms with Crippen molar-refractivity contribution in [3.63, 3.8) is 0 Å². The van der Waals surface area contributed by atoms with Crippen LogP contribution in [0, 0.1) is 28.1 Å². The summed E-state index contributed by atoms with van der Waals surface area (Å²) in [4.78, 5) is 12.9. The first-order chi connectivity index (χ1) is 9.24. The van der Waals surface area contributed by atoms with E-state index in [0.717, 1.165) is 38.1 Å². The molecule has 4 rings (SSSR count). The molecule has 4 aliphatic carbocycles. The van der Waals surface area contributed by atoms with Gasteiger partial charge in [0.25, 0.3) is 0 Å². The lowest BCUT2D eigenvalue weighted by molar-refractivity contribution is -0.170. The third-order valence-corrected chi connectivity index (χ3v) is 6.12. The fraction of sp³-hybridized carbons (Fsp3) is 0.944. The summed E-state index contributed by atoms with van der Waals surface area (Å²) < 4.78 is 0. The number of hydrogen-bond donors (Lipinski definition) is 1. The quantitative estimate of drug-likeness (QED) is 0.822. The molecule has 0 heterocycles. The Morgan fingerprint density at radius 3 is 2.20 bits per heavy atom. The minimum Gasteiger partial charge on any atom is -0.356 e. The fourth-order valence-corrected chi connectivity index (χ4v) is 6.36. The molecular weight excluding hydrogens is 246 g/mol. The van der Waals surface area contributed by atoms with Crippen LogP contribution in [0.5, 0.6) is 0 Å². The predicted molar refractivity (Wildman–Crippen MR) is 82.3 cm³/mol. The third kappa shape index (κ3) is 2.40. The Labute approximate surface area is 124 Å². The molecule has 2 heteroatoms. The van der Waals surface area contributed by atoms with Gasteiger partial charge in [0.2, 0.25) is 5.91 Å². The van der Waals surface area contributed by atoms with Crippen LogP contribution in [0.25, 0.3) is 0 Å². The first kappa shape index (κ1) is 14.4. The zero-order valence-electron chi connectivity index (χ0n) is 13.7. The fourth-order valence-electron chi connectivity index (χ4n) is 6.36. The van der Waals surface area contributed by atoms with E-state index in [1.165, 1.54) is 19.3 Å². The van der Waals surface area contributed by atoms with Crippen molar-refractivity contribution in [2.75, 3.05) is 6.54 Å². The molecule has 20 heavy (non-hydrogen) atoms. The van der Waals surface area contributed by atoms with Crippen LogP contribution in [0.3, 0.4) is 0 Å². The Bertz CT molecular complexity index is 396. The summed E-state index contributed by atoms with van der Waals surface area (Å²) in [5, 5.41) is 3.27. The second kappa shape index (κ2) is 4.48.